The van der Waals surface area contributed by atoms with E-state index in [0.29, 0.717) is 12.2 Å². The average Bonchev–Trinajstić information content (AvgIpc) is 2.70. The summed E-state index contributed by atoms with van der Waals surface area (Å²) in [6, 6.07) is -0.586. The molecule has 5 nitrogen and oxygen atoms in total. The fraction of sp³-hybridized carbons (Fsp3) is 0.833. The molecule has 6 heteroatoms. The number of carbonyl (C=O) groups excluding carboxylic acids is 1. The zero-order valence-electron chi connectivity index (χ0n) is 10.5. The van der Waals surface area contributed by atoms with Gasteiger partial charge in [0.15, 0.2) is 0 Å². The van der Waals surface area contributed by atoms with Crippen molar-refractivity contribution in [2.75, 3.05) is 5.75 Å². The molecule has 1 saturated heterocycles. The van der Waals surface area contributed by atoms with Crippen LogP contribution in [0.25, 0.3) is 0 Å². The molecule has 0 spiro atoms. The van der Waals surface area contributed by atoms with E-state index in [1.54, 1.807) is 4.90 Å². The van der Waals surface area contributed by atoms with E-state index < -0.39 is 12.0 Å². The normalized spacial score (nSPS) is 36.7. The molecule has 1 amide bonds. The molecule has 2 fully saturated rings. The van der Waals surface area contributed by atoms with Gasteiger partial charge in [-0.05, 0) is 26.2 Å². The summed E-state index contributed by atoms with van der Waals surface area (Å²) < 4.78 is 0. The first-order valence-electron chi connectivity index (χ1n) is 6.43. The monoisotopic (exact) mass is 272 g/mol. The summed E-state index contributed by atoms with van der Waals surface area (Å²) in [5.74, 6) is -0.520. The average molecular weight is 272 g/mol. The molecule has 0 radical (unpaired) electrons. The van der Waals surface area contributed by atoms with E-state index in [2.05, 4.69) is 0 Å². The second kappa shape index (κ2) is 5.48. The van der Waals surface area contributed by atoms with Crippen LogP contribution in [0.1, 0.15) is 32.6 Å². The van der Waals surface area contributed by atoms with Gasteiger partial charge in [0.05, 0.1) is 5.37 Å². The number of nitrogens with two attached hydrogens (primary N) is 1. The van der Waals surface area contributed by atoms with E-state index in [1.165, 1.54) is 11.8 Å². The minimum atomic E-state index is -0.902. The second-order valence-electron chi connectivity index (χ2n) is 5.16. The lowest BCUT2D eigenvalue weighted by molar-refractivity contribution is -0.151. The molecule has 2 aliphatic rings. The number of carbonyl (C=O) groups is 2. The third-order valence-corrected chi connectivity index (χ3v) is 5.04. The van der Waals surface area contributed by atoms with Crippen LogP contribution in [0, 0.1) is 5.92 Å². The van der Waals surface area contributed by atoms with Crippen LogP contribution in [0.3, 0.4) is 0 Å². The summed E-state index contributed by atoms with van der Waals surface area (Å²) in [5, 5.41) is 9.12. The molecular formula is C12H20N2O3S. The number of nitrogens with zero attached hydrogens (tertiary/aromatic N) is 1. The second-order valence-corrected chi connectivity index (χ2v) is 6.50. The molecule has 4 unspecified atom stereocenters. The van der Waals surface area contributed by atoms with Crippen molar-refractivity contribution >= 4 is 23.6 Å². The first-order chi connectivity index (χ1) is 8.50. The molecule has 18 heavy (non-hydrogen) atoms. The molecule has 102 valence electrons. The van der Waals surface area contributed by atoms with Crippen molar-refractivity contribution in [1.82, 2.24) is 4.90 Å². The van der Waals surface area contributed by atoms with Crippen LogP contribution >= 0.6 is 11.8 Å². The van der Waals surface area contributed by atoms with Gasteiger partial charge < -0.3 is 15.7 Å². The lowest BCUT2D eigenvalue weighted by Crippen LogP contribution is -2.48. The molecule has 1 saturated carbocycles. The van der Waals surface area contributed by atoms with Gasteiger partial charge in [0, 0.05) is 17.7 Å². The summed E-state index contributed by atoms with van der Waals surface area (Å²) >= 11 is 1.53. The Morgan fingerprint density at radius 3 is 2.72 bits per heavy atom. The Balaban J connectivity index is 2.08. The fourth-order valence-electron chi connectivity index (χ4n) is 2.83. The molecule has 4 atom stereocenters. The predicted molar refractivity (Wildman–Crippen MR) is 70.1 cm³/mol. The van der Waals surface area contributed by atoms with Gasteiger partial charge in [-0.3, -0.25) is 4.79 Å². The maximum Gasteiger partial charge on any atom is 0.327 e. The van der Waals surface area contributed by atoms with Crippen LogP contribution in [0.4, 0.5) is 0 Å². The number of thioether (sulfide) groups is 1. The van der Waals surface area contributed by atoms with Gasteiger partial charge in [-0.1, -0.05) is 6.42 Å². The number of rotatable bonds is 2. The maximum atomic E-state index is 12.5. The third-order valence-electron chi connectivity index (χ3n) is 3.83. The molecule has 0 aromatic carbocycles. The molecule has 1 aliphatic carbocycles. The number of amides is 1. The Kier molecular flexibility index (Phi) is 4.17. The minimum absolute atomic E-state index is 0.0185. The van der Waals surface area contributed by atoms with Gasteiger partial charge in [0.1, 0.15) is 6.04 Å². The minimum Gasteiger partial charge on any atom is -0.480 e. The number of carboxylic acid groups (broad SMARTS) is 1. The lowest BCUT2D eigenvalue weighted by Gasteiger charge is -2.32. The van der Waals surface area contributed by atoms with Crippen LogP contribution < -0.4 is 5.73 Å². The topological polar surface area (TPSA) is 83.6 Å². The van der Waals surface area contributed by atoms with Gasteiger partial charge in [-0.2, -0.15) is 0 Å². The van der Waals surface area contributed by atoms with Crippen LogP contribution in [0.2, 0.25) is 0 Å². The number of aliphatic carboxylic acids is 1. The maximum absolute atomic E-state index is 12.5. The van der Waals surface area contributed by atoms with Crippen molar-refractivity contribution in [1.29, 1.82) is 0 Å². The number of hydrogen-bond donors (Lipinski definition) is 2. The largest absolute Gasteiger partial charge is 0.480 e. The summed E-state index contributed by atoms with van der Waals surface area (Å²) in [6.07, 6.45) is 3.47. The fourth-order valence-corrected chi connectivity index (χ4v) is 4.01. The highest BCUT2D eigenvalue weighted by Gasteiger charge is 2.42. The zero-order valence-corrected chi connectivity index (χ0v) is 11.4. The summed E-state index contributed by atoms with van der Waals surface area (Å²) in [7, 11) is 0. The van der Waals surface area contributed by atoms with Crippen molar-refractivity contribution in [3.8, 4) is 0 Å². The quantitative estimate of drug-likeness (QED) is 0.779. The SMILES string of the molecule is CC1SCC(C(=O)O)N1C(=O)C1CCCC(N)C1. The van der Waals surface area contributed by atoms with E-state index in [9.17, 15) is 9.59 Å². The van der Waals surface area contributed by atoms with Crippen LogP contribution in [-0.2, 0) is 9.59 Å². The summed E-state index contributed by atoms with van der Waals surface area (Å²) in [5.41, 5.74) is 5.90. The standard InChI is InChI=1S/C12H20N2O3S/c1-7-14(10(6-18-7)12(16)17)11(15)8-3-2-4-9(13)5-8/h7-10H,2-6,13H2,1H3,(H,16,17). The highest BCUT2D eigenvalue weighted by molar-refractivity contribution is 8.00. The van der Waals surface area contributed by atoms with Crippen molar-refractivity contribution in [3.63, 3.8) is 0 Å². The van der Waals surface area contributed by atoms with Gasteiger partial charge in [-0.15, -0.1) is 11.8 Å². The highest BCUT2D eigenvalue weighted by Crippen LogP contribution is 2.33. The molecule has 0 aromatic rings. The van der Waals surface area contributed by atoms with Gasteiger partial charge >= 0.3 is 5.97 Å². The van der Waals surface area contributed by atoms with Gasteiger partial charge in [0.2, 0.25) is 5.91 Å². The Bertz CT molecular complexity index is 350. The first-order valence-corrected chi connectivity index (χ1v) is 7.47. The van der Waals surface area contributed by atoms with Gasteiger partial charge in [-0.25, -0.2) is 4.79 Å². The summed E-state index contributed by atoms with van der Waals surface area (Å²) in [6.45, 7) is 1.90. The Hall–Kier alpha value is -0.750. The van der Waals surface area contributed by atoms with Crippen molar-refractivity contribution < 1.29 is 14.7 Å². The van der Waals surface area contributed by atoms with Crippen LogP contribution in [-0.4, -0.2) is 45.1 Å². The van der Waals surface area contributed by atoms with Crippen molar-refractivity contribution in [2.45, 2.75) is 50.1 Å². The Labute approximate surface area is 111 Å². The zero-order chi connectivity index (χ0) is 13.3. The van der Waals surface area contributed by atoms with E-state index >= 15 is 0 Å². The van der Waals surface area contributed by atoms with E-state index in [4.69, 9.17) is 10.8 Å². The summed E-state index contributed by atoms with van der Waals surface area (Å²) in [4.78, 5) is 25.2. The van der Waals surface area contributed by atoms with Crippen LogP contribution in [0.15, 0.2) is 0 Å². The lowest BCUT2D eigenvalue weighted by atomic mass is 9.85. The third kappa shape index (κ3) is 2.64. The van der Waals surface area contributed by atoms with E-state index in [-0.39, 0.29) is 23.2 Å². The van der Waals surface area contributed by atoms with Crippen molar-refractivity contribution in [2.24, 2.45) is 11.7 Å². The smallest absolute Gasteiger partial charge is 0.327 e. The predicted octanol–water partition coefficient (Wildman–Crippen LogP) is 0.878. The van der Waals surface area contributed by atoms with E-state index in [1.807, 2.05) is 6.92 Å². The first kappa shape index (κ1) is 13.7. The van der Waals surface area contributed by atoms with Crippen molar-refractivity contribution in [3.05, 3.63) is 0 Å². The number of hydrogen-bond acceptors (Lipinski definition) is 4. The molecule has 3 N–H and O–H groups in total. The Morgan fingerprint density at radius 2 is 2.11 bits per heavy atom. The number of carboxylic acids is 1. The molecule has 0 aromatic heterocycles. The molecule has 2 rings (SSSR count). The van der Waals surface area contributed by atoms with Gasteiger partial charge in [0.25, 0.3) is 0 Å². The molecule has 1 heterocycles. The molecular weight excluding hydrogens is 252 g/mol. The highest BCUT2D eigenvalue weighted by atomic mass is 32.2. The van der Waals surface area contributed by atoms with E-state index in [0.717, 1.165) is 19.3 Å². The molecule has 0 bridgehead atoms. The Morgan fingerprint density at radius 1 is 1.39 bits per heavy atom. The van der Waals surface area contributed by atoms with Crippen LogP contribution in [0.5, 0.6) is 0 Å². The molecule has 1 aliphatic heterocycles.